The van der Waals surface area contributed by atoms with Crippen molar-refractivity contribution in [2.24, 2.45) is 0 Å². The van der Waals surface area contributed by atoms with Crippen molar-refractivity contribution in [2.45, 2.75) is 26.7 Å². The fraction of sp³-hybridized carbons (Fsp3) is 0.250. The van der Waals surface area contributed by atoms with Gasteiger partial charge in [-0.2, -0.15) is 0 Å². The maximum atomic E-state index is 9.35. The summed E-state index contributed by atoms with van der Waals surface area (Å²) < 4.78 is 0. The standard InChI is InChI=1S/C10H14O.C6H6O/c1-7(2)9-5-4-6-10(11)8(9)3;7-6-4-2-1-3-5-6/h4-7,11H,1-3H3;1-5,7H. The maximum Gasteiger partial charge on any atom is 0.118 e. The minimum absolute atomic E-state index is 0.322. The first-order chi connectivity index (χ1) is 8.52. The predicted octanol–water partition coefficient (Wildman–Crippen LogP) is 4.22. The summed E-state index contributed by atoms with van der Waals surface area (Å²) in [5.74, 6) is 1.21. The van der Waals surface area contributed by atoms with Crippen molar-refractivity contribution >= 4 is 0 Å². The molecule has 0 unspecified atom stereocenters. The van der Waals surface area contributed by atoms with Crippen LogP contribution in [0.5, 0.6) is 11.5 Å². The molecule has 2 heteroatoms. The molecule has 0 atom stereocenters. The zero-order valence-corrected chi connectivity index (χ0v) is 11.1. The van der Waals surface area contributed by atoms with Gasteiger partial charge in [0.05, 0.1) is 0 Å². The third-order valence-corrected chi connectivity index (χ3v) is 2.73. The Morgan fingerprint density at radius 2 is 1.44 bits per heavy atom. The monoisotopic (exact) mass is 244 g/mol. The van der Waals surface area contributed by atoms with E-state index in [9.17, 15) is 5.11 Å². The van der Waals surface area contributed by atoms with Crippen LogP contribution in [0.2, 0.25) is 0 Å². The summed E-state index contributed by atoms with van der Waals surface area (Å²) in [5.41, 5.74) is 2.23. The van der Waals surface area contributed by atoms with Gasteiger partial charge in [-0.1, -0.05) is 44.2 Å². The summed E-state index contributed by atoms with van der Waals surface area (Å²) in [4.78, 5) is 0. The van der Waals surface area contributed by atoms with E-state index < -0.39 is 0 Å². The van der Waals surface area contributed by atoms with Gasteiger partial charge in [-0.05, 0) is 42.2 Å². The number of aromatic hydroxyl groups is 2. The van der Waals surface area contributed by atoms with Crippen molar-refractivity contribution in [3.8, 4) is 11.5 Å². The van der Waals surface area contributed by atoms with E-state index in [1.165, 1.54) is 5.56 Å². The van der Waals surface area contributed by atoms with Crippen molar-refractivity contribution in [3.63, 3.8) is 0 Å². The van der Waals surface area contributed by atoms with Gasteiger partial charge in [0.2, 0.25) is 0 Å². The van der Waals surface area contributed by atoms with Crippen molar-refractivity contribution in [1.29, 1.82) is 0 Å². The number of rotatable bonds is 1. The van der Waals surface area contributed by atoms with Crippen molar-refractivity contribution in [1.82, 2.24) is 0 Å². The largest absolute Gasteiger partial charge is 0.508 e. The molecule has 18 heavy (non-hydrogen) atoms. The number of phenolic OH excluding ortho intramolecular Hbond substituents is 2. The summed E-state index contributed by atoms with van der Waals surface area (Å²) in [6, 6.07) is 14.4. The first-order valence-electron chi connectivity index (χ1n) is 6.05. The maximum absolute atomic E-state index is 9.35. The van der Waals surface area contributed by atoms with Crippen LogP contribution in [0.25, 0.3) is 0 Å². The molecule has 0 saturated carbocycles. The number of hydrogen-bond acceptors (Lipinski definition) is 2. The quantitative estimate of drug-likeness (QED) is 0.788. The molecule has 0 aromatic heterocycles. The van der Waals surface area contributed by atoms with E-state index in [4.69, 9.17) is 5.11 Å². The topological polar surface area (TPSA) is 40.5 Å². The molecule has 0 aliphatic rings. The molecule has 0 bridgehead atoms. The normalized spacial score (nSPS) is 9.78. The molecule has 2 aromatic carbocycles. The van der Waals surface area contributed by atoms with Crippen LogP contribution >= 0.6 is 0 Å². The van der Waals surface area contributed by atoms with Gasteiger partial charge in [0.1, 0.15) is 11.5 Å². The SMILES string of the molecule is Cc1c(O)cccc1C(C)C.Oc1ccccc1. The minimum Gasteiger partial charge on any atom is -0.508 e. The molecule has 0 spiro atoms. The Balaban J connectivity index is 0.000000199. The van der Waals surface area contributed by atoms with Gasteiger partial charge in [0.25, 0.3) is 0 Å². The Labute approximate surface area is 109 Å². The molecule has 2 rings (SSSR count). The van der Waals surface area contributed by atoms with E-state index in [2.05, 4.69) is 19.9 Å². The highest BCUT2D eigenvalue weighted by atomic mass is 16.3. The van der Waals surface area contributed by atoms with Gasteiger partial charge in [-0.25, -0.2) is 0 Å². The molecule has 2 nitrogen and oxygen atoms in total. The van der Waals surface area contributed by atoms with Gasteiger partial charge in [-0.3, -0.25) is 0 Å². The van der Waals surface area contributed by atoms with Gasteiger partial charge in [0.15, 0.2) is 0 Å². The lowest BCUT2D eigenvalue weighted by molar-refractivity contribution is 0.469. The summed E-state index contributed by atoms with van der Waals surface area (Å²) in [6.45, 7) is 6.20. The smallest absolute Gasteiger partial charge is 0.118 e. The van der Waals surface area contributed by atoms with Gasteiger partial charge in [-0.15, -0.1) is 0 Å². The fourth-order valence-corrected chi connectivity index (χ4v) is 1.69. The van der Waals surface area contributed by atoms with Gasteiger partial charge >= 0.3 is 0 Å². The van der Waals surface area contributed by atoms with Crippen LogP contribution in [0.3, 0.4) is 0 Å². The average molecular weight is 244 g/mol. The Bertz CT molecular complexity index is 476. The van der Waals surface area contributed by atoms with Crippen LogP contribution in [0.1, 0.15) is 30.9 Å². The third kappa shape index (κ3) is 4.13. The molecule has 0 radical (unpaired) electrons. The predicted molar refractivity (Wildman–Crippen MR) is 75.0 cm³/mol. The number of benzene rings is 2. The second-order valence-electron chi connectivity index (χ2n) is 4.48. The zero-order valence-electron chi connectivity index (χ0n) is 11.1. The van der Waals surface area contributed by atoms with E-state index in [0.29, 0.717) is 17.4 Å². The highest BCUT2D eigenvalue weighted by Crippen LogP contribution is 2.25. The lowest BCUT2D eigenvalue weighted by atomic mass is 9.98. The number of hydrogen-bond donors (Lipinski definition) is 2. The molecule has 2 N–H and O–H groups in total. The Hall–Kier alpha value is -1.96. The first-order valence-corrected chi connectivity index (χ1v) is 6.05. The van der Waals surface area contributed by atoms with Crippen molar-refractivity contribution < 1.29 is 10.2 Å². The van der Waals surface area contributed by atoms with Gasteiger partial charge < -0.3 is 10.2 Å². The molecular weight excluding hydrogens is 224 g/mol. The lowest BCUT2D eigenvalue weighted by Gasteiger charge is -2.09. The van der Waals surface area contributed by atoms with Gasteiger partial charge in [0, 0.05) is 0 Å². The van der Waals surface area contributed by atoms with Crippen LogP contribution in [-0.2, 0) is 0 Å². The molecule has 2 aromatic rings. The van der Waals surface area contributed by atoms with E-state index in [1.807, 2.05) is 19.1 Å². The first kappa shape index (κ1) is 14.1. The van der Waals surface area contributed by atoms with Crippen molar-refractivity contribution in [2.75, 3.05) is 0 Å². The van der Waals surface area contributed by atoms with E-state index in [-0.39, 0.29) is 0 Å². The van der Waals surface area contributed by atoms with E-state index in [1.54, 1.807) is 30.3 Å². The minimum atomic E-state index is 0.322. The Morgan fingerprint density at radius 1 is 0.833 bits per heavy atom. The summed E-state index contributed by atoms with van der Waals surface area (Å²) >= 11 is 0. The highest BCUT2D eigenvalue weighted by molar-refractivity contribution is 5.39. The zero-order chi connectivity index (χ0) is 13.5. The van der Waals surface area contributed by atoms with Crippen LogP contribution < -0.4 is 0 Å². The molecular formula is C16H20O2. The molecule has 0 aliphatic carbocycles. The van der Waals surface area contributed by atoms with Crippen LogP contribution in [0.15, 0.2) is 48.5 Å². The van der Waals surface area contributed by atoms with E-state index in [0.717, 1.165) is 5.56 Å². The van der Waals surface area contributed by atoms with Crippen LogP contribution in [0.4, 0.5) is 0 Å². The van der Waals surface area contributed by atoms with Crippen molar-refractivity contribution in [3.05, 3.63) is 59.7 Å². The molecule has 0 fully saturated rings. The number of para-hydroxylation sites is 1. The molecule has 0 heterocycles. The number of phenols is 2. The highest BCUT2D eigenvalue weighted by Gasteiger charge is 2.04. The lowest BCUT2D eigenvalue weighted by Crippen LogP contribution is -1.90. The summed E-state index contributed by atoms with van der Waals surface area (Å²) in [7, 11) is 0. The van der Waals surface area contributed by atoms with Crippen LogP contribution in [-0.4, -0.2) is 10.2 Å². The summed E-state index contributed by atoms with van der Waals surface area (Å²) in [5, 5.41) is 18.0. The Morgan fingerprint density at radius 3 is 1.83 bits per heavy atom. The third-order valence-electron chi connectivity index (χ3n) is 2.73. The second-order valence-corrected chi connectivity index (χ2v) is 4.48. The molecule has 0 amide bonds. The molecule has 0 aliphatic heterocycles. The molecule has 0 saturated heterocycles. The van der Waals surface area contributed by atoms with E-state index >= 15 is 0 Å². The second kappa shape index (κ2) is 6.70. The average Bonchev–Trinajstić information content (AvgIpc) is 2.34. The molecule has 96 valence electrons. The fourth-order valence-electron chi connectivity index (χ4n) is 1.69. The van der Waals surface area contributed by atoms with Crippen LogP contribution in [0, 0.1) is 6.92 Å². The summed E-state index contributed by atoms with van der Waals surface area (Å²) in [6.07, 6.45) is 0. The Kier molecular flexibility index (Phi) is 5.25.